The maximum atomic E-state index is 14.6. The van der Waals surface area contributed by atoms with Crippen molar-refractivity contribution in [2.75, 3.05) is 31.4 Å². The topological polar surface area (TPSA) is 104 Å². The van der Waals surface area contributed by atoms with Crippen LogP contribution in [-0.4, -0.2) is 41.2 Å². The number of benzene rings is 2. The summed E-state index contributed by atoms with van der Waals surface area (Å²) in [5.41, 5.74) is 10.3. The van der Waals surface area contributed by atoms with Crippen LogP contribution in [-0.2, 0) is 9.47 Å². The third-order valence-electron chi connectivity index (χ3n) is 5.85. The van der Waals surface area contributed by atoms with E-state index in [9.17, 15) is 9.18 Å². The minimum Gasteiger partial charge on any atom is -0.453 e. The fourth-order valence-electron chi connectivity index (χ4n) is 3.94. The van der Waals surface area contributed by atoms with E-state index in [0.29, 0.717) is 30.9 Å². The van der Waals surface area contributed by atoms with Crippen molar-refractivity contribution >= 4 is 29.1 Å². The number of halogens is 2. The SMILES string of the molecule is CCOCCC(c1ccc(-c2c(N)ccc(Cl)c2F)cn1)n1cc(-c2ccc(NC(=O)OC)cc2)cn1. The number of methoxy groups -OCH3 is 1. The predicted octanol–water partition coefficient (Wildman–Crippen LogP) is 6.18. The van der Waals surface area contributed by atoms with E-state index in [-0.39, 0.29) is 22.3 Å². The Bertz CT molecular complexity index is 1360. The fourth-order valence-corrected chi connectivity index (χ4v) is 4.09. The minimum absolute atomic E-state index is 0.000971. The highest BCUT2D eigenvalue weighted by Gasteiger charge is 2.19. The van der Waals surface area contributed by atoms with Crippen molar-refractivity contribution in [2.45, 2.75) is 19.4 Å². The first kappa shape index (κ1) is 26.1. The van der Waals surface area contributed by atoms with Gasteiger partial charge in [-0.05, 0) is 49.2 Å². The predicted molar refractivity (Wildman–Crippen MR) is 142 cm³/mol. The number of carbonyl (C=O) groups is 1. The van der Waals surface area contributed by atoms with Crippen LogP contribution in [0.2, 0.25) is 5.02 Å². The number of nitrogens with two attached hydrogens (primary N) is 1. The number of carbonyl (C=O) groups excluding carboxylic acids is 1. The van der Waals surface area contributed by atoms with E-state index >= 15 is 0 Å². The number of pyridine rings is 1. The molecule has 0 aliphatic rings. The van der Waals surface area contributed by atoms with Gasteiger partial charge in [-0.15, -0.1) is 0 Å². The van der Waals surface area contributed by atoms with Gasteiger partial charge in [-0.1, -0.05) is 29.8 Å². The number of nitrogen functional groups attached to an aromatic ring is 1. The largest absolute Gasteiger partial charge is 0.453 e. The summed E-state index contributed by atoms with van der Waals surface area (Å²) < 4.78 is 26.7. The second kappa shape index (κ2) is 11.9. The van der Waals surface area contributed by atoms with Crippen LogP contribution in [0.3, 0.4) is 0 Å². The fraction of sp³-hybridized carbons (Fsp3) is 0.222. The maximum absolute atomic E-state index is 14.6. The molecule has 2 aromatic carbocycles. The third kappa shape index (κ3) is 6.07. The minimum atomic E-state index is -0.575. The van der Waals surface area contributed by atoms with Crippen LogP contribution in [0.1, 0.15) is 25.1 Å². The Morgan fingerprint density at radius 2 is 1.86 bits per heavy atom. The lowest BCUT2D eigenvalue weighted by Gasteiger charge is -2.18. The van der Waals surface area contributed by atoms with Crippen molar-refractivity contribution in [1.82, 2.24) is 14.8 Å². The van der Waals surface area contributed by atoms with Crippen LogP contribution in [0.5, 0.6) is 0 Å². The number of ether oxygens (including phenoxy) is 2. The number of nitrogens with one attached hydrogen (secondary N) is 1. The molecule has 1 unspecified atom stereocenters. The van der Waals surface area contributed by atoms with Gasteiger partial charge in [0.05, 0.1) is 30.1 Å². The molecular weight excluding hydrogens is 497 g/mol. The Kier molecular flexibility index (Phi) is 8.37. The number of anilines is 2. The number of rotatable bonds is 9. The Hall–Kier alpha value is -3.95. The lowest BCUT2D eigenvalue weighted by atomic mass is 10.0. The van der Waals surface area contributed by atoms with Crippen LogP contribution in [0, 0.1) is 5.82 Å². The highest BCUT2D eigenvalue weighted by Crippen LogP contribution is 2.33. The Morgan fingerprint density at radius 3 is 2.54 bits per heavy atom. The van der Waals surface area contributed by atoms with Crippen molar-refractivity contribution in [2.24, 2.45) is 0 Å². The second-order valence-electron chi connectivity index (χ2n) is 8.20. The molecule has 1 amide bonds. The Balaban J connectivity index is 1.60. The number of hydrogen-bond donors (Lipinski definition) is 2. The van der Waals surface area contributed by atoms with Gasteiger partial charge in [0.25, 0.3) is 0 Å². The molecule has 0 aliphatic heterocycles. The summed E-state index contributed by atoms with van der Waals surface area (Å²) >= 11 is 5.96. The van der Waals surface area contributed by atoms with Crippen LogP contribution in [0.15, 0.2) is 67.1 Å². The van der Waals surface area contributed by atoms with Gasteiger partial charge in [-0.2, -0.15) is 5.10 Å². The molecule has 2 aromatic heterocycles. The van der Waals surface area contributed by atoms with Gasteiger partial charge in [0, 0.05) is 53.7 Å². The Labute approximate surface area is 219 Å². The molecule has 3 N–H and O–H groups in total. The summed E-state index contributed by atoms with van der Waals surface area (Å²) in [4.78, 5) is 16.0. The zero-order chi connectivity index (χ0) is 26.4. The van der Waals surface area contributed by atoms with Crippen molar-refractivity contribution < 1.29 is 18.7 Å². The van der Waals surface area contributed by atoms with Gasteiger partial charge < -0.3 is 15.2 Å². The zero-order valence-corrected chi connectivity index (χ0v) is 21.2. The Morgan fingerprint density at radius 1 is 1.11 bits per heavy atom. The normalized spacial score (nSPS) is 11.8. The average molecular weight is 524 g/mol. The molecule has 10 heteroatoms. The molecule has 4 aromatic rings. The van der Waals surface area contributed by atoms with E-state index in [2.05, 4.69) is 20.1 Å². The third-order valence-corrected chi connectivity index (χ3v) is 6.15. The van der Waals surface area contributed by atoms with E-state index in [1.54, 1.807) is 36.7 Å². The molecule has 0 saturated heterocycles. The average Bonchev–Trinajstić information content (AvgIpc) is 3.40. The summed E-state index contributed by atoms with van der Waals surface area (Å²) in [5, 5.41) is 7.21. The van der Waals surface area contributed by atoms with Gasteiger partial charge in [0.15, 0.2) is 5.82 Å². The molecule has 0 bridgehead atoms. The molecule has 8 nitrogen and oxygen atoms in total. The molecule has 0 saturated carbocycles. The van der Waals surface area contributed by atoms with Crippen LogP contribution >= 0.6 is 11.6 Å². The lowest BCUT2D eigenvalue weighted by molar-refractivity contribution is 0.135. The smallest absolute Gasteiger partial charge is 0.411 e. The van der Waals surface area contributed by atoms with Gasteiger partial charge in [0.1, 0.15) is 0 Å². The van der Waals surface area contributed by atoms with Crippen molar-refractivity contribution in [3.05, 3.63) is 83.7 Å². The van der Waals surface area contributed by atoms with Gasteiger partial charge >= 0.3 is 6.09 Å². The van der Waals surface area contributed by atoms with Gasteiger partial charge in [-0.3, -0.25) is 15.0 Å². The molecule has 0 spiro atoms. The molecular formula is C27H27ClFN5O3. The van der Waals surface area contributed by atoms with Crippen molar-refractivity contribution in [3.8, 4) is 22.3 Å². The van der Waals surface area contributed by atoms with Crippen LogP contribution in [0.4, 0.5) is 20.6 Å². The summed E-state index contributed by atoms with van der Waals surface area (Å²) in [6.45, 7) is 3.06. The molecule has 2 heterocycles. The quantitative estimate of drug-likeness (QED) is 0.200. The van der Waals surface area contributed by atoms with Crippen LogP contribution < -0.4 is 11.1 Å². The molecule has 4 rings (SSSR count). The summed E-state index contributed by atoms with van der Waals surface area (Å²) in [6.07, 6.45) is 5.40. The van der Waals surface area contributed by atoms with Gasteiger partial charge in [-0.25, -0.2) is 9.18 Å². The number of nitrogens with zero attached hydrogens (tertiary/aromatic N) is 3. The monoisotopic (exact) mass is 523 g/mol. The standard InChI is InChI=1S/C27H27ClFN5O3/c1-3-37-13-12-24(23-11-6-18(14-31-23)25-22(30)10-9-21(28)26(25)29)34-16-19(15-32-34)17-4-7-20(8-5-17)33-27(35)36-2/h4-11,14-16,24H,3,12-13,30H2,1-2H3,(H,33,35). The first-order valence-electron chi connectivity index (χ1n) is 11.7. The molecule has 1 atom stereocenters. The van der Waals surface area contributed by atoms with Crippen molar-refractivity contribution in [3.63, 3.8) is 0 Å². The van der Waals surface area contributed by atoms with E-state index in [4.69, 9.17) is 22.1 Å². The van der Waals surface area contributed by atoms with Crippen molar-refractivity contribution in [1.29, 1.82) is 0 Å². The number of amides is 1. The molecule has 192 valence electrons. The highest BCUT2D eigenvalue weighted by molar-refractivity contribution is 6.31. The van der Waals surface area contributed by atoms with Crippen LogP contribution in [0.25, 0.3) is 22.3 Å². The molecule has 0 aliphatic carbocycles. The van der Waals surface area contributed by atoms with E-state index in [1.165, 1.54) is 13.2 Å². The lowest BCUT2D eigenvalue weighted by Crippen LogP contribution is -2.15. The van der Waals surface area contributed by atoms with Gasteiger partial charge in [0.2, 0.25) is 0 Å². The zero-order valence-electron chi connectivity index (χ0n) is 20.4. The number of aromatic nitrogens is 3. The highest BCUT2D eigenvalue weighted by atomic mass is 35.5. The molecule has 0 radical (unpaired) electrons. The first-order valence-corrected chi connectivity index (χ1v) is 12.1. The molecule has 0 fully saturated rings. The number of hydrogen-bond acceptors (Lipinski definition) is 6. The van der Waals surface area contributed by atoms with E-state index in [0.717, 1.165) is 16.8 Å². The summed E-state index contributed by atoms with van der Waals surface area (Å²) in [5.74, 6) is -0.575. The first-order chi connectivity index (χ1) is 17.9. The van der Waals surface area contributed by atoms with E-state index < -0.39 is 11.9 Å². The summed E-state index contributed by atoms with van der Waals surface area (Å²) in [6, 6.07) is 13.8. The molecule has 37 heavy (non-hydrogen) atoms. The van der Waals surface area contributed by atoms with E-state index in [1.807, 2.05) is 36.0 Å². The summed E-state index contributed by atoms with van der Waals surface area (Å²) in [7, 11) is 1.31. The maximum Gasteiger partial charge on any atom is 0.411 e. The second-order valence-corrected chi connectivity index (χ2v) is 8.61.